The van der Waals surface area contributed by atoms with Gasteiger partial charge in [-0.15, -0.1) is 0 Å². The van der Waals surface area contributed by atoms with E-state index in [1.54, 1.807) is 12.4 Å². The first-order chi connectivity index (χ1) is 10.2. The quantitative estimate of drug-likeness (QED) is 0.705. The van der Waals surface area contributed by atoms with Gasteiger partial charge >= 0.3 is 0 Å². The van der Waals surface area contributed by atoms with E-state index in [2.05, 4.69) is 50.2 Å². The third-order valence-electron chi connectivity index (χ3n) is 3.34. The average molecular weight is 361 g/mol. The number of hydrogen-bond acceptors (Lipinski definition) is 3. The summed E-state index contributed by atoms with van der Waals surface area (Å²) in [4.78, 5) is 4.15. The monoisotopic (exact) mass is 360 g/mol. The molecule has 0 radical (unpaired) electrons. The average Bonchev–Trinajstić information content (AvgIpc) is 2.89. The van der Waals surface area contributed by atoms with Crippen molar-refractivity contribution < 1.29 is 0 Å². The van der Waals surface area contributed by atoms with Crippen LogP contribution in [0.4, 0.5) is 0 Å². The summed E-state index contributed by atoms with van der Waals surface area (Å²) in [6, 6.07) is 12.1. The Morgan fingerprint density at radius 2 is 2.14 bits per heavy atom. The molecule has 0 bridgehead atoms. The van der Waals surface area contributed by atoms with Gasteiger partial charge < -0.3 is 0 Å². The van der Waals surface area contributed by atoms with Gasteiger partial charge in [0.05, 0.1) is 6.04 Å². The highest BCUT2D eigenvalue weighted by atomic mass is 79.9. The maximum absolute atomic E-state index is 5.39. The molecule has 0 fully saturated rings. The number of pyridine rings is 1. The van der Waals surface area contributed by atoms with E-state index in [9.17, 15) is 0 Å². The summed E-state index contributed by atoms with van der Waals surface area (Å²) in [6.45, 7) is 2.10. The molecule has 0 saturated carbocycles. The van der Waals surface area contributed by atoms with Crippen LogP contribution in [-0.2, 0) is 0 Å². The molecular formula is C15H13BrN4S. The number of halogens is 1. The highest BCUT2D eigenvalue weighted by molar-refractivity contribution is 9.10. The van der Waals surface area contributed by atoms with Crippen molar-refractivity contribution in [1.82, 2.24) is 19.7 Å². The predicted molar refractivity (Wildman–Crippen MR) is 88.6 cm³/mol. The van der Waals surface area contributed by atoms with E-state index < -0.39 is 0 Å². The molecule has 0 saturated heterocycles. The molecule has 106 valence electrons. The second kappa shape index (κ2) is 5.91. The SMILES string of the molecule is CC(c1cccc(Br)c1)n1c(-c2cccnc2)n[nH]c1=S. The molecule has 3 rings (SSSR count). The Hall–Kier alpha value is -1.79. The van der Waals surface area contributed by atoms with Crippen LogP contribution in [0.1, 0.15) is 18.5 Å². The minimum absolute atomic E-state index is 0.0731. The van der Waals surface area contributed by atoms with Crippen LogP contribution >= 0.6 is 28.1 Å². The Morgan fingerprint density at radius 1 is 1.29 bits per heavy atom. The second-order valence-corrected chi connectivity index (χ2v) is 6.00. The summed E-state index contributed by atoms with van der Waals surface area (Å²) >= 11 is 8.90. The van der Waals surface area contributed by atoms with Crippen LogP contribution in [0, 0.1) is 4.77 Å². The van der Waals surface area contributed by atoms with Crippen molar-refractivity contribution >= 4 is 28.1 Å². The number of nitrogens with one attached hydrogen (secondary N) is 1. The van der Waals surface area contributed by atoms with Crippen LogP contribution in [0.3, 0.4) is 0 Å². The van der Waals surface area contributed by atoms with E-state index in [1.807, 2.05) is 28.8 Å². The first kappa shape index (κ1) is 14.2. The van der Waals surface area contributed by atoms with Crippen LogP contribution in [0.25, 0.3) is 11.4 Å². The van der Waals surface area contributed by atoms with Gasteiger partial charge in [0, 0.05) is 22.4 Å². The van der Waals surface area contributed by atoms with Crippen molar-refractivity contribution in [3.05, 3.63) is 63.6 Å². The summed E-state index contributed by atoms with van der Waals surface area (Å²) in [5.41, 5.74) is 2.10. The Bertz CT molecular complexity index is 810. The van der Waals surface area contributed by atoms with Crippen molar-refractivity contribution in [2.75, 3.05) is 0 Å². The minimum Gasteiger partial charge on any atom is -0.293 e. The second-order valence-electron chi connectivity index (χ2n) is 4.70. The van der Waals surface area contributed by atoms with Gasteiger partial charge in [0.1, 0.15) is 0 Å². The summed E-state index contributed by atoms with van der Waals surface area (Å²) in [6.07, 6.45) is 3.53. The van der Waals surface area contributed by atoms with Crippen LogP contribution < -0.4 is 0 Å². The zero-order valence-electron chi connectivity index (χ0n) is 11.3. The molecule has 1 aromatic carbocycles. The molecule has 1 atom stereocenters. The Morgan fingerprint density at radius 3 is 2.86 bits per heavy atom. The molecule has 1 unspecified atom stereocenters. The molecule has 21 heavy (non-hydrogen) atoms. The highest BCUT2D eigenvalue weighted by Gasteiger charge is 2.16. The van der Waals surface area contributed by atoms with Gasteiger partial charge in [0.2, 0.25) is 0 Å². The van der Waals surface area contributed by atoms with E-state index in [0.717, 1.165) is 21.4 Å². The molecule has 0 aliphatic carbocycles. The number of hydrogen-bond donors (Lipinski definition) is 1. The summed E-state index contributed by atoms with van der Waals surface area (Å²) in [7, 11) is 0. The fourth-order valence-corrected chi connectivity index (χ4v) is 2.99. The van der Waals surface area contributed by atoms with Crippen LogP contribution in [0.5, 0.6) is 0 Å². The normalized spacial score (nSPS) is 12.3. The van der Waals surface area contributed by atoms with Gasteiger partial charge in [-0.2, -0.15) is 5.10 Å². The van der Waals surface area contributed by atoms with Gasteiger partial charge in [0.25, 0.3) is 0 Å². The zero-order valence-corrected chi connectivity index (χ0v) is 13.7. The van der Waals surface area contributed by atoms with Crippen molar-refractivity contribution in [3.8, 4) is 11.4 Å². The lowest BCUT2D eigenvalue weighted by Gasteiger charge is -2.16. The molecule has 6 heteroatoms. The van der Waals surface area contributed by atoms with Crippen molar-refractivity contribution in [2.45, 2.75) is 13.0 Å². The molecule has 3 aromatic rings. The maximum Gasteiger partial charge on any atom is 0.196 e. The third kappa shape index (κ3) is 2.82. The molecule has 0 amide bonds. The first-order valence-electron chi connectivity index (χ1n) is 6.49. The molecule has 2 aromatic heterocycles. The van der Waals surface area contributed by atoms with E-state index in [0.29, 0.717) is 4.77 Å². The van der Waals surface area contributed by atoms with Crippen LogP contribution in [0.2, 0.25) is 0 Å². The fraction of sp³-hybridized carbons (Fsp3) is 0.133. The summed E-state index contributed by atoms with van der Waals surface area (Å²) < 4.78 is 3.65. The third-order valence-corrected chi connectivity index (χ3v) is 4.12. The van der Waals surface area contributed by atoms with Crippen molar-refractivity contribution in [2.24, 2.45) is 0 Å². The first-order valence-corrected chi connectivity index (χ1v) is 7.69. The van der Waals surface area contributed by atoms with Gasteiger partial charge in [-0.1, -0.05) is 28.1 Å². The topological polar surface area (TPSA) is 46.5 Å². The number of rotatable bonds is 3. The number of benzene rings is 1. The molecule has 1 N–H and O–H groups in total. The van der Waals surface area contributed by atoms with E-state index >= 15 is 0 Å². The summed E-state index contributed by atoms with van der Waals surface area (Å²) in [5.74, 6) is 0.792. The van der Waals surface area contributed by atoms with Crippen molar-refractivity contribution in [1.29, 1.82) is 0 Å². The lowest BCUT2D eigenvalue weighted by molar-refractivity contribution is 0.635. The predicted octanol–water partition coefficient (Wildman–Crippen LogP) is 4.37. The molecule has 0 aliphatic rings. The molecule has 2 heterocycles. The lowest BCUT2D eigenvalue weighted by atomic mass is 10.1. The lowest BCUT2D eigenvalue weighted by Crippen LogP contribution is -2.09. The summed E-state index contributed by atoms with van der Waals surface area (Å²) in [5, 5.41) is 7.23. The Labute approximate surface area is 136 Å². The number of aromatic amines is 1. The molecular weight excluding hydrogens is 348 g/mol. The maximum atomic E-state index is 5.39. The van der Waals surface area contributed by atoms with Crippen molar-refractivity contribution in [3.63, 3.8) is 0 Å². The van der Waals surface area contributed by atoms with Crippen LogP contribution in [0.15, 0.2) is 53.3 Å². The Balaban J connectivity index is 2.11. The largest absolute Gasteiger partial charge is 0.293 e. The molecule has 0 aliphatic heterocycles. The number of nitrogens with zero attached hydrogens (tertiary/aromatic N) is 3. The van der Waals surface area contributed by atoms with Gasteiger partial charge in [-0.25, -0.2) is 0 Å². The highest BCUT2D eigenvalue weighted by Crippen LogP contribution is 2.26. The van der Waals surface area contributed by atoms with E-state index in [1.165, 1.54) is 0 Å². The van der Waals surface area contributed by atoms with Gasteiger partial charge in [-0.3, -0.25) is 14.6 Å². The van der Waals surface area contributed by atoms with Gasteiger partial charge in [-0.05, 0) is 49.0 Å². The van der Waals surface area contributed by atoms with E-state index in [-0.39, 0.29) is 6.04 Å². The Kier molecular flexibility index (Phi) is 3.98. The van der Waals surface area contributed by atoms with Crippen LogP contribution in [-0.4, -0.2) is 19.7 Å². The molecule has 0 spiro atoms. The standard InChI is InChI=1S/C15H13BrN4S/c1-10(11-4-2-6-13(16)8-11)20-14(18-19-15(20)21)12-5-3-7-17-9-12/h2-10H,1H3,(H,19,21). The zero-order chi connectivity index (χ0) is 14.8. The smallest absolute Gasteiger partial charge is 0.196 e. The number of aromatic nitrogens is 4. The van der Waals surface area contributed by atoms with E-state index in [4.69, 9.17) is 12.2 Å². The van der Waals surface area contributed by atoms with Gasteiger partial charge in [0.15, 0.2) is 10.6 Å². The number of H-pyrrole nitrogens is 1. The minimum atomic E-state index is 0.0731. The fourth-order valence-electron chi connectivity index (χ4n) is 2.28. The molecule has 4 nitrogen and oxygen atoms in total.